The quantitative estimate of drug-likeness (QED) is 0.695. The van der Waals surface area contributed by atoms with E-state index in [4.69, 9.17) is 0 Å². The minimum atomic E-state index is 0.505. The molecule has 2 aliphatic rings. The Bertz CT molecular complexity index is 173. The predicted molar refractivity (Wildman–Crippen MR) is 55.9 cm³/mol. The number of hydrogen-bond acceptors (Lipinski definition) is 2. The molecule has 0 aromatic carbocycles. The molecule has 0 bridgehead atoms. The zero-order valence-electron chi connectivity index (χ0n) is 8.97. The number of hydrogen-bond donors (Lipinski definition) is 1. The minimum absolute atomic E-state index is 0.505. The molecule has 2 atom stereocenters. The van der Waals surface area contributed by atoms with E-state index < -0.39 is 0 Å². The van der Waals surface area contributed by atoms with Crippen LogP contribution < -0.4 is 5.32 Å². The van der Waals surface area contributed by atoms with Gasteiger partial charge in [0.25, 0.3) is 0 Å². The third-order valence-electron chi connectivity index (χ3n) is 4.08. The molecule has 2 unspecified atom stereocenters. The van der Waals surface area contributed by atoms with Crippen LogP contribution in [-0.4, -0.2) is 37.1 Å². The summed E-state index contributed by atoms with van der Waals surface area (Å²) in [6.45, 7) is 6.19. The van der Waals surface area contributed by atoms with Gasteiger partial charge < -0.3 is 10.2 Å². The Balaban J connectivity index is 2.03. The van der Waals surface area contributed by atoms with Crippen molar-refractivity contribution in [1.82, 2.24) is 10.2 Å². The van der Waals surface area contributed by atoms with Gasteiger partial charge in [0.2, 0.25) is 0 Å². The Morgan fingerprint density at radius 1 is 1.54 bits per heavy atom. The lowest BCUT2D eigenvalue weighted by atomic mass is 9.80. The van der Waals surface area contributed by atoms with Crippen LogP contribution in [0.15, 0.2) is 0 Å². The maximum Gasteiger partial charge on any atom is 0.0220 e. The van der Waals surface area contributed by atoms with Crippen LogP contribution in [0.2, 0.25) is 0 Å². The molecule has 0 aromatic rings. The molecule has 2 nitrogen and oxygen atoms in total. The lowest BCUT2D eigenvalue weighted by Gasteiger charge is -2.34. The van der Waals surface area contributed by atoms with Crippen LogP contribution in [0.1, 0.15) is 32.6 Å². The van der Waals surface area contributed by atoms with Crippen molar-refractivity contribution in [2.24, 2.45) is 5.92 Å². The van der Waals surface area contributed by atoms with Crippen molar-refractivity contribution in [2.45, 2.75) is 38.1 Å². The first-order chi connectivity index (χ1) is 6.27. The molecule has 2 fully saturated rings. The second-order valence-electron chi connectivity index (χ2n) is 4.79. The highest BCUT2D eigenvalue weighted by atomic mass is 15.1. The smallest absolute Gasteiger partial charge is 0.0220 e. The largest absolute Gasteiger partial charge is 0.311 e. The van der Waals surface area contributed by atoms with Crippen LogP contribution in [0.3, 0.4) is 0 Å². The molecule has 0 radical (unpaired) electrons. The fourth-order valence-electron chi connectivity index (χ4n) is 3.15. The summed E-state index contributed by atoms with van der Waals surface area (Å²) in [6.07, 6.45) is 5.50. The van der Waals surface area contributed by atoms with Gasteiger partial charge in [-0.05, 0) is 51.7 Å². The van der Waals surface area contributed by atoms with Crippen molar-refractivity contribution in [2.75, 3.05) is 26.7 Å². The van der Waals surface area contributed by atoms with Crippen molar-refractivity contribution in [3.63, 3.8) is 0 Å². The maximum absolute atomic E-state index is 3.76. The Morgan fingerprint density at radius 2 is 2.38 bits per heavy atom. The average molecular weight is 182 g/mol. The topological polar surface area (TPSA) is 15.3 Å². The van der Waals surface area contributed by atoms with Crippen LogP contribution >= 0.6 is 0 Å². The molecule has 13 heavy (non-hydrogen) atoms. The fourth-order valence-corrected chi connectivity index (χ4v) is 3.15. The van der Waals surface area contributed by atoms with Gasteiger partial charge in [-0.15, -0.1) is 0 Å². The monoisotopic (exact) mass is 182 g/mol. The highest BCUT2D eigenvalue weighted by molar-refractivity contribution is 5.00. The van der Waals surface area contributed by atoms with Gasteiger partial charge in [-0.2, -0.15) is 0 Å². The minimum Gasteiger partial charge on any atom is -0.311 e. The summed E-state index contributed by atoms with van der Waals surface area (Å²) in [6, 6.07) is 0. The molecular weight excluding hydrogens is 160 g/mol. The van der Waals surface area contributed by atoms with E-state index in [0.29, 0.717) is 5.54 Å². The van der Waals surface area contributed by atoms with Crippen molar-refractivity contribution in [3.8, 4) is 0 Å². The SMILES string of the molecule is CCC1(C2CCN(C)C2)CCCN1. The molecule has 0 aromatic heterocycles. The summed E-state index contributed by atoms with van der Waals surface area (Å²) in [5.74, 6) is 0.907. The molecule has 0 aliphatic carbocycles. The summed E-state index contributed by atoms with van der Waals surface area (Å²) in [5, 5.41) is 3.76. The summed E-state index contributed by atoms with van der Waals surface area (Å²) >= 11 is 0. The molecule has 2 heterocycles. The second-order valence-corrected chi connectivity index (χ2v) is 4.79. The number of likely N-dealkylation sites (tertiary alicyclic amines) is 1. The number of nitrogens with one attached hydrogen (secondary N) is 1. The van der Waals surface area contributed by atoms with Crippen molar-refractivity contribution >= 4 is 0 Å². The van der Waals surface area contributed by atoms with Crippen LogP contribution in [0.25, 0.3) is 0 Å². The molecule has 2 heteroatoms. The van der Waals surface area contributed by atoms with Crippen LogP contribution in [-0.2, 0) is 0 Å². The second kappa shape index (κ2) is 3.58. The van der Waals surface area contributed by atoms with E-state index in [1.807, 2.05) is 0 Å². The Labute approximate surface area is 81.7 Å². The van der Waals surface area contributed by atoms with Crippen molar-refractivity contribution in [3.05, 3.63) is 0 Å². The first kappa shape index (κ1) is 9.47. The predicted octanol–water partition coefficient (Wildman–Crippen LogP) is 1.47. The van der Waals surface area contributed by atoms with E-state index in [0.717, 1.165) is 5.92 Å². The molecule has 0 amide bonds. The van der Waals surface area contributed by atoms with Crippen molar-refractivity contribution in [1.29, 1.82) is 0 Å². The van der Waals surface area contributed by atoms with Gasteiger partial charge in [0.15, 0.2) is 0 Å². The summed E-state index contributed by atoms with van der Waals surface area (Å²) in [7, 11) is 2.25. The Morgan fingerprint density at radius 3 is 2.85 bits per heavy atom. The number of nitrogens with zero attached hydrogens (tertiary/aromatic N) is 1. The highest BCUT2D eigenvalue weighted by Crippen LogP contribution is 2.36. The standard InChI is InChI=1S/C11H22N2/c1-3-11(6-4-7-12-11)10-5-8-13(2)9-10/h10,12H,3-9H2,1-2H3. The third kappa shape index (κ3) is 1.62. The van der Waals surface area contributed by atoms with Crippen LogP contribution in [0.4, 0.5) is 0 Å². The lowest BCUT2D eigenvalue weighted by Crippen LogP contribution is -2.47. The van der Waals surface area contributed by atoms with Gasteiger partial charge in [-0.3, -0.25) is 0 Å². The molecule has 0 saturated carbocycles. The van der Waals surface area contributed by atoms with Gasteiger partial charge in [0.1, 0.15) is 0 Å². The first-order valence-corrected chi connectivity index (χ1v) is 5.70. The molecule has 1 N–H and O–H groups in total. The third-order valence-corrected chi connectivity index (χ3v) is 4.08. The van der Waals surface area contributed by atoms with Gasteiger partial charge in [-0.25, -0.2) is 0 Å². The van der Waals surface area contributed by atoms with E-state index in [9.17, 15) is 0 Å². The zero-order valence-corrected chi connectivity index (χ0v) is 8.97. The normalized spacial score (nSPS) is 41.5. The average Bonchev–Trinajstić information content (AvgIpc) is 2.73. The summed E-state index contributed by atoms with van der Waals surface area (Å²) in [4.78, 5) is 2.47. The molecule has 76 valence electrons. The molecule has 0 spiro atoms. The van der Waals surface area contributed by atoms with E-state index in [1.165, 1.54) is 45.3 Å². The lowest BCUT2D eigenvalue weighted by molar-refractivity contribution is 0.228. The Hall–Kier alpha value is -0.0800. The van der Waals surface area contributed by atoms with Gasteiger partial charge in [-0.1, -0.05) is 6.92 Å². The zero-order chi connectivity index (χ0) is 9.31. The van der Waals surface area contributed by atoms with E-state index in [-0.39, 0.29) is 0 Å². The van der Waals surface area contributed by atoms with Crippen LogP contribution in [0, 0.1) is 5.92 Å². The van der Waals surface area contributed by atoms with Gasteiger partial charge in [0, 0.05) is 12.1 Å². The molecule has 2 rings (SSSR count). The fraction of sp³-hybridized carbons (Fsp3) is 1.00. The maximum atomic E-state index is 3.76. The highest BCUT2D eigenvalue weighted by Gasteiger charge is 2.41. The van der Waals surface area contributed by atoms with Gasteiger partial charge in [0.05, 0.1) is 0 Å². The van der Waals surface area contributed by atoms with E-state index in [2.05, 4.69) is 24.2 Å². The molecule has 2 aliphatic heterocycles. The van der Waals surface area contributed by atoms with Crippen LogP contribution in [0.5, 0.6) is 0 Å². The van der Waals surface area contributed by atoms with E-state index in [1.54, 1.807) is 0 Å². The number of rotatable bonds is 2. The van der Waals surface area contributed by atoms with Crippen molar-refractivity contribution < 1.29 is 0 Å². The summed E-state index contributed by atoms with van der Waals surface area (Å²) < 4.78 is 0. The molecular formula is C11H22N2. The summed E-state index contributed by atoms with van der Waals surface area (Å²) in [5.41, 5.74) is 0.505. The van der Waals surface area contributed by atoms with E-state index >= 15 is 0 Å². The molecule has 2 saturated heterocycles. The first-order valence-electron chi connectivity index (χ1n) is 5.70. The Kier molecular flexibility index (Phi) is 2.61. The van der Waals surface area contributed by atoms with Gasteiger partial charge >= 0.3 is 0 Å².